The van der Waals surface area contributed by atoms with Gasteiger partial charge in [-0.25, -0.2) is 0 Å². The molecule has 18 heavy (non-hydrogen) atoms. The quantitative estimate of drug-likeness (QED) is 0.875. The molecule has 1 heterocycles. The molecule has 2 rings (SSSR count). The van der Waals surface area contributed by atoms with Crippen molar-refractivity contribution in [2.75, 3.05) is 7.11 Å². The van der Waals surface area contributed by atoms with E-state index in [1.165, 1.54) is 11.1 Å². The van der Waals surface area contributed by atoms with Crippen LogP contribution in [0, 0.1) is 0 Å². The third kappa shape index (κ3) is 3.14. The lowest BCUT2D eigenvalue weighted by Crippen LogP contribution is -2.17. The molecule has 0 bridgehead atoms. The zero-order valence-corrected chi connectivity index (χ0v) is 11.2. The molecule has 1 aromatic heterocycles. The summed E-state index contributed by atoms with van der Waals surface area (Å²) in [7, 11) is 3.72. The number of hydrogen-bond donors (Lipinski definition) is 1. The van der Waals surface area contributed by atoms with Gasteiger partial charge in [0, 0.05) is 32.0 Å². The SMILES string of the molecule is COc1ccc(C(C)NCc2ccn(C)c2)cc1. The van der Waals surface area contributed by atoms with Gasteiger partial charge in [-0.3, -0.25) is 0 Å². The minimum atomic E-state index is 0.330. The molecule has 0 aliphatic heterocycles. The second-order valence-electron chi connectivity index (χ2n) is 4.56. The summed E-state index contributed by atoms with van der Waals surface area (Å²) in [6.07, 6.45) is 4.20. The van der Waals surface area contributed by atoms with Crippen LogP contribution in [0.3, 0.4) is 0 Å². The summed E-state index contributed by atoms with van der Waals surface area (Å²) in [6, 6.07) is 10.7. The Kier molecular flexibility index (Phi) is 4.05. The van der Waals surface area contributed by atoms with Crippen LogP contribution in [0.5, 0.6) is 5.75 Å². The highest BCUT2D eigenvalue weighted by Gasteiger charge is 2.05. The number of aryl methyl sites for hydroxylation is 1. The molecule has 0 saturated heterocycles. The zero-order chi connectivity index (χ0) is 13.0. The Morgan fingerprint density at radius 2 is 1.94 bits per heavy atom. The third-order valence-corrected chi connectivity index (χ3v) is 3.12. The van der Waals surface area contributed by atoms with Gasteiger partial charge in [0.15, 0.2) is 0 Å². The standard InChI is InChI=1S/C15H20N2O/c1-12(14-4-6-15(18-3)7-5-14)16-10-13-8-9-17(2)11-13/h4-9,11-12,16H,10H2,1-3H3. The molecule has 3 heteroatoms. The van der Waals surface area contributed by atoms with Gasteiger partial charge in [-0.1, -0.05) is 12.1 Å². The number of nitrogens with zero attached hydrogens (tertiary/aromatic N) is 1. The van der Waals surface area contributed by atoms with Crippen molar-refractivity contribution in [3.05, 3.63) is 53.9 Å². The second kappa shape index (κ2) is 5.74. The third-order valence-electron chi connectivity index (χ3n) is 3.12. The maximum absolute atomic E-state index is 5.16. The molecule has 0 saturated carbocycles. The number of benzene rings is 1. The molecule has 0 fully saturated rings. The summed E-state index contributed by atoms with van der Waals surface area (Å²) < 4.78 is 7.22. The normalized spacial score (nSPS) is 12.4. The second-order valence-corrected chi connectivity index (χ2v) is 4.56. The Morgan fingerprint density at radius 3 is 2.50 bits per heavy atom. The van der Waals surface area contributed by atoms with E-state index in [0.29, 0.717) is 6.04 Å². The number of aromatic nitrogens is 1. The first-order chi connectivity index (χ1) is 8.69. The van der Waals surface area contributed by atoms with Gasteiger partial charge in [-0.2, -0.15) is 0 Å². The minimum absolute atomic E-state index is 0.330. The molecule has 1 aromatic carbocycles. The Hall–Kier alpha value is -1.74. The van der Waals surface area contributed by atoms with Crippen molar-refractivity contribution in [3.63, 3.8) is 0 Å². The van der Waals surface area contributed by atoms with Crippen LogP contribution in [0.15, 0.2) is 42.7 Å². The molecule has 0 spiro atoms. The first kappa shape index (κ1) is 12.7. The highest BCUT2D eigenvalue weighted by Crippen LogP contribution is 2.17. The van der Waals surface area contributed by atoms with E-state index < -0.39 is 0 Å². The van der Waals surface area contributed by atoms with Crippen molar-refractivity contribution in [1.29, 1.82) is 0 Å². The molecule has 2 aromatic rings. The Bertz CT molecular complexity index is 487. The first-order valence-electron chi connectivity index (χ1n) is 6.17. The van der Waals surface area contributed by atoms with Crippen molar-refractivity contribution in [2.45, 2.75) is 19.5 Å². The monoisotopic (exact) mass is 244 g/mol. The van der Waals surface area contributed by atoms with Gasteiger partial charge in [-0.05, 0) is 36.2 Å². The van der Waals surface area contributed by atoms with Crippen LogP contribution in [0.4, 0.5) is 0 Å². The summed E-state index contributed by atoms with van der Waals surface area (Å²) in [4.78, 5) is 0. The topological polar surface area (TPSA) is 26.2 Å². The highest BCUT2D eigenvalue weighted by atomic mass is 16.5. The van der Waals surface area contributed by atoms with Crippen molar-refractivity contribution in [3.8, 4) is 5.75 Å². The smallest absolute Gasteiger partial charge is 0.118 e. The average molecular weight is 244 g/mol. The predicted molar refractivity (Wildman–Crippen MR) is 73.7 cm³/mol. The zero-order valence-electron chi connectivity index (χ0n) is 11.2. The molecule has 0 aliphatic carbocycles. The van der Waals surface area contributed by atoms with E-state index in [0.717, 1.165) is 12.3 Å². The number of ether oxygens (including phenoxy) is 1. The van der Waals surface area contributed by atoms with Gasteiger partial charge in [0.25, 0.3) is 0 Å². The molecule has 0 amide bonds. The minimum Gasteiger partial charge on any atom is -0.497 e. The molecular formula is C15H20N2O. The van der Waals surface area contributed by atoms with E-state index in [4.69, 9.17) is 4.74 Å². The largest absolute Gasteiger partial charge is 0.497 e. The van der Waals surface area contributed by atoms with E-state index in [2.05, 4.69) is 47.4 Å². The first-order valence-corrected chi connectivity index (χ1v) is 6.17. The van der Waals surface area contributed by atoms with Gasteiger partial charge in [-0.15, -0.1) is 0 Å². The van der Waals surface area contributed by atoms with Gasteiger partial charge in [0.1, 0.15) is 5.75 Å². The lowest BCUT2D eigenvalue weighted by Gasteiger charge is -2.14. The van der Waals surface area contributed by atoms with Crippen molar-refractivity contribution < 1.29 is 4.74 Å². The Labute approximate surface area is 108 Å². The lowest BCUT2D eigenvalue weighted by atomic mass is 10.1. The van der Waals surface area contributed by atoms with Crippen molar-refractivity contribution >= 4 is 0 Å². The summed E-state index contributed by atoms with van der Waals surface area (Å²) >= 11 is 0. The van der Waals surface area contributed by atoms with E-state index in [1.807, 2.05) is 19.2 Å². The highest BCUT2D eigenvalue weighted by molar-refractivity contribution is 5.28. The van der Waals surface area contributed by atoms with E-state index in [1.54, 1.807) is 7.11 Å². The average Bonchev–Trinajstić information content (AvgIpc) is 2.82. The maximum atomic E-state index is 5.16. The molecular weight excluding hydrogens is 224 g/mol. The van der Waals surface area contributed by atoms with Crippen LogP contribution >= 0.6 is 0 Å². The molecule has 1 unspecified atom stereocenters. The van der Waals surface area contributed by atoms with Gasteiger partial charge in [0.05, 0.1) is 7.11 Å². The van der Waals surface area contributed by atoms with Crippen LogP contribution in [0.2, 0.25) is 0 Å². The lowest BCUT2D eigenvalue weighted by molar-refractivity contribution is 0.414. The summed E-state index contributed by atoms with van der Waals surface area (Å²) in [6.45, 7) is 3.05. The molecule has 1 atom stereocenters. The fraction of sp³-hybridized carbons (Fsp3) is 0.333. The fourth-order valence-corrected chi connectivity index (χ4v) is 1.95. The Balaban J connectivity index is 1.92. The van der Waals surface area contributed by atoms with E-state index >= 15 is 0 Å². The van der Waals surface area contributed by atoms with Crippen LogP contribution in [0.25, 0.3) is 0 Å². The van der Waals surface area contributed by atoms with E-state index in [-0.39, 0.29) is 0 Å². The van der Waals surface area contributed by atoms with Gasteiger partial charge < -0.3 is 14.6 Å². The van der Waals surface area contributed by atoms with Crippen molar-refractivity contribution in [1.82, 2.24) is 9.88 Å². The Morgan fingerprint density at radius 1 is 1.22 bits per heavy atom. The van der Waals surface area contributed by atoms with Crippen LogP contribution < -0.4 is 10.1 Å². The summed E-state index contributed by atoms with van der Waals surface area (Å²) in [5.41, 5.74) is 2.57. The fourth-order valence-electron chi connectivity index (χ4n) is 1.95. The summed E-state index contributed by atoms with van der Waals surface area (Å²) in [5.74, 6) is 0.897. The number of rotatable bonds is 5. The van der Waals surface area contributed by atoms with Gasteiger partial charge in [0.2, 0.25) is 0 Å². The van der Waals surface area contributed by atoms with Crippen LogP contribution in [-0.4, -0.2) is 11.7 Å². The number of methoxy groups -OCH3 is 1. The van der Waals surface area contributed by atoms with Gasteiger partial charge >= 0.3 is 0 Å². The summed E-state index contributed by atoms with van der Waals surface area (Å²) in [5, 5.41) is 3.51. The molecule has 96 valence electrons. The van der Waals surface area contributed by atoms with E-state index in [9.17, 15) is 0 Å². The van der Waals surface area contributed by atoms with Crippen molar-refractivity contribution in [2.24, 2.45) is 7.05 Å². The molecule has 3 nitrogen and oxygen atoms in total. The predicted octanol–water partition coefficient (Wildman–Crippen LogP) is 2.88. The van der Waals surface area contributed by atoms with Crippen LogP contribution in [0.1, 0.15) is 24.1 Å². The molecule has 0 aliphatic rings. The van der Waals surface area contributed by atoms with Crippen LogP contribution in [-0.2, 0) is 13.6 Å². The number of hydrogen-bond acceptors (Lipinski definition) is 2. The molecule has 1 N–H and O–H groups in total. The molecule has 0 radical (unpaired) electrons. The maximum Gasteiger partial charge on any atom is 0.118 e. The number of nitrogens with one attached hydrogen (secondary N) is 1.